The minimum atomic E-state index is -0.631. The van der Waals surface area contributed by atoms with Crippen molar-refractivity contribution in [2.75, 3.05) is 19.8 Å². The average Bonchev–Trinajstić information content (AvgIpc) is 2.36. The molecule has 0 aliphatic carbocycles. The van der Waals surface area contributed by atoms with Crippen molar-refractivity contribution < 1.29 is 14.2 Å². The van der Waals surface area contributed by atoms with Crippen molar-refractivity contribution in [1.82, 2.24) is 0 Å². The number of halogens is 1. The van der Waals surface area contributed by atoms with Crippen molar-refractivity contribution in [2.24, 2.45) is 0 Å². The summed E-state index contributed by atoms with van der Waals surface area (Å²) in [6, 6.07) is 5.50. The molecule has 5 heteroatoms. The molecule has 0 aromatic heterocycles. The largest absolute Gasteiger partial charge is 0.486 e. The molecule has 0 saturated carbocycles. The molecule has 1 aromatic rings. The van der Waals surface area contributed by atoms with Crippen LogP contribution in [0.5, 0.6) is 11.5 Å². The molecule has 17 heavy (non-hydrogen) atoms. The highest BCUT2D eigenvalue weighted by atomic mass is 35.5. The predicted octanol–water partition coefficient (Wildman–Crippen LogP) is 2.71. The van der Waals surface area contributed by atoms with Crippen LogP contribution < -0.4 is 9.47 Å². The number of rotatable bonds is 3. The average molecular weight is 254 g/mol. The zero-order valence-electron chi connectivity index (χ0n) is 9.40. The monoisotopic (exact) mass is 253 g/mol. The van der Waals surface area contributed by atoms with Crippen LogP contribution >= 0.6 is 11.6 Å². The van der Waals surface area contributed by atoms with Crippen LogP contribution in [0.15, 0.2) is 12.1 Å². The van der Waals surface area contributed by atoms with E-state index < -0.39 is 6.10 Å². The molecule has 1 atom stereocenters. The SMILES string of the molecule is CCOC(C#N)c1cc(Cl)c2c(c1)OCCO2. The lowest BCUT2D eigenvalue weighted by Gasteiger charge is -2.21. The van der Waals surface area contributed by atoms with E-state index in [1.165, 1.54) is 0 Å². The molecule has 1 unspecified atom stereocenters. The van der Waals surface area contributed by atoms with Crippen LogP contribution in [-0.4, -0.2) is 19.8 Å². The van der Waals surface area contributed by atoms with Gasteiger partial charge in [-0.1, -0.05) is 11.6 Å². The van der Waals surface area contributed by atoms with Crippen LogP contribution in [0, 0.1) is 11.3 Å². The lowest BCUT2D eigenvalue weighted by Crippen LogP contribution is -2.16. The Morgan fingerprint density at radius 2 is 2.24 bits per heavy atom. The molecule has 0 spiro atoms. The highest BCUT2D eigenvalue weighted by molar-refractivity contribution is 6.32. The third-order valence-electron chi connectivity index (χ3n) is 2.37. The van der Waals surface area contributed by atoms with E-state index >= 15 is 0 Å². The summed E-state index contributed by atoms with van der Waals surface area (Å²) in [6.45, 7) is 3.27. The fourth-order valence-corrected chi connectivity index (χ4v) is 1.93. The Morgan fingerprint density at radius 3 is 2.94 bits per heavy atom. The summed E-state index contributed by atoms with van der Waals surface area (Å²) in [6.07, 6.45) is -0.631. The number of nitrogens with zero attached hydrogens (tertiary/aromatic N) is 1. The molecule has 0 saturated heterocycles. The van der Waals surface area contributed by atoms with Gasteiger partial charge in [-0.15, -0.1) is 0 Å². The van der Waals surface area contributed by atoms with Gasteiger partial charge < -0.3 is 14.2 Å². The zero-order valence-corrected chi connectivity index (χ0v) is 10.2. The number of hydrogen-bond acceptors (Lipinski definition) is 4. The predicted molar refractivity (Wildman–Crippen MR) is 62.4 cm³/mol. The maximum absolute atomic E-state index is 9.02. The number of benzene rings is 1. The molecule has 0 fully saturated rings. The summed E-state index contributed by atoms with van der Waals surface area (Å²) >= 11 is 6.08. The molecule has 0 N–H and O–H groups in total. The number of hydrogen-bond donors (Lipinski definition) is 0. The maximum Gasteiger partial charge on any atom is 0.179 e. The van der Waals surface area contributed by atoms with E-state index in [4.69, 9.17) is 31.1 Å². The summed E-state index contributed by atoms with van der Waals surface area (Å²) in [7, 11) is 0. The van der Waals surface area contributed by atoms with E-state index in [9.17, 15) is 0 Å². The van der Waals surface area contributed by atoms with Gasteiger partial charge >= 0.3 is 0 Å². The number of fused-ring (bicyclic) bond motifs is 1. The van der Waals surface area contributed by atoms with Gasteiger partial charge in [0.2, 0.25) is 0 Å². The van der Waals surface area contributed by atoms with Gasteiger partial charge in [0.15, 0.2) is 17.6 Å². The van der Waals surface area contributed by atoms with Gasteiger partial charge in [-0.2, -0.15) is 5.26 Å². The molecule has 0 radical (unpaired) electrons. The Morgan fingerprint density at radius 1 is 1.47 bits per heavy atom. The number of nitriles is 1. The lowest BCUT2D eigenvalue weighted by atomic mass is 10.1. The Hall–Kier alpha value is -1.44. The van der Waals surface area contributed by atoms with Crippen LogP contribution in [0.3, 0.4) is 0 Å². The molecule has 0 amide bonds. The highest BCUT2D eigenvalue weighted by Crippen LogP contribution is 2.40. The summed E-state index contributed by atoms with van der Waals surface area (Å²) in [4.78, 5) is 0. The quantitative estimate of drug-likeness (QED) is 0.831. The van der Waals surface area contributed by atoms with Crippen molar-refractivity contribution in [2.45, 2.75) is 13.0 Å². The van der Waals surface area contributed by atoms with Crippen LogP contribution in [0.2, 0.25) is 5.02 Å². The smallest absolute Gasteiger partial charge is 0.179 e. The molecule has 0 bridgehead atoms. The van der Waals surface area contributed by atoms with E-state index in [1.54, 1.807) is 12.1 Å². The first-order valence-corrected chi connectivity index (χ1v) is 5.74. The van der Waals surface area contributed by atoms with E-state index in [-0.39, 0.29) is 0 Å². The van der Waals surface area contributed by atoms with Gasteiger partial charge in [0, 0.05) is 12.2 Å². The Bertz CT molecular complexity index is 456. The van der Waals surface area contributed by atoms with Gasteiger partial charge in [0.05, 0.1) is 11.1 Å². The molecule has 1 aliphatic rings. The van der Waals surface area contributed by atoms with Crippen LogP contribution in [0.4, 0.5) is 0 Å². The second kappa shape index (κ2) is 5.26. The second-order valence-corrected chi connectivity index (χ2v) is 3.90. The summed E-state index contributed by atoms with van der Waals surface area (Å²) in [5.41, 5.74) is 0.684. The van der Waals surface area contributed by atoms with Crippen molar-refractivity contribution in [1.29, 1.82) is 5.26 Å². The minimum absolute atomic E-state index is 0.442. The normalized spacial score (nSPS) is 15.1. The van der Waals surface area contributed by atoms with Gasteiger partial charge in [-0.3, -0.25) is 0 Å². The van der Waals surface area contributed by atoms with E-state index in [2.05, 4.69) is 6.07 Å². The molecule has 1 aromatic carbocycles. The van der Waals surface area contributed by atoms with Gasteiger partial charge in [-0.25, -0.2) is 0 Å². The van der Waals surface area contributed by atoms with Crippen molar-refractivity contribution in [3.63, 3.8) is 0 Å². The van der Waals surface area contributed by atoms with Crippen LogP contribution in [0.25, 0.3) is 0 Å². The van der Waals surface area contributed by atoms with E-state index in [1.807, 2.05) is 6.92 Å². The summed E-state index contributed by atoms with van der Waals surface area (Å²) in [5, 5.41) is 9.46. The summed E-state index contributed by atoms with van der Waals surface area (Å²) in [5.74, 6) is 1.11. The first kappa shape index (κ1) is 12.0. The molecule has 2 rings (SSSR count). The highest BCUT2D eigenvalue weighted by Gasteiger charge is 2.20. The third-order valence-corrected chi connectivity index (χ3v) is 2.65. The zero-order chi connectivity index (χ0) is 12.3. The van der Waals surface area contributed by atoms with Gasteiger partial charge in [0.25, 0.3) is 0 Å². The van der Waals surface area contributed by atoms with Crippen LogP contribution in [-0.2, 0) is 4.74 Å². The first-order valence-electron chi connectivity index (χ1n) is 5.36. The Balaban J connectivity index is 2.36. The molecule has 1 heterocycles. The van der Waals surface area contributed by atoms with E-state index in [0.717, 1.165) is 0 Å². The third kappa shape index (κ3) is 2.46. The lowest BCUT2D eigenvalue weighted by molar-refractivity contribution is 0.101. The van der Waals surface area contributed by atoms with Crippen molar-refractivity contribution in [3.05, 3.63) is 22.7 Å². The van der Waals surface area contributed by atoms with E-state index in [0.29, 0.717) is 41.9 Å². The fraction of sp³-hybridized carbons (Fsp3) is 0.417. The van der Waals surface area contributed by atoms with Gasteiger partial charge in [-0.05, 0) is 19.1 Å². The molecular formula is C12H12ClNO3. The van der Waals surface area contributed by atoms with Crippen LogP contribution in [0.1, 0.15) is 18.6 Å². The topological polar surface area (TPSA) is 51.5 Å². The molecule has 4 nitrogen and oxygen atoms in total. The number of ether oxygens (including phenoxy) is 3. The second-order valence-electron chi connectivity index (χ2n) is 3.49. The fourth-order valence-electron chi connectivity index (χ4n) is 1.66. The van der Waals surface area contributed by atoms with Crippen molar-refractivity contribution in [3.8, 4) is 17.6 Å². The Kier molecular flexibility index (Phi) is 3.72. The Labute approximate surface area is 105 Å². The van der Waals surface area contributed by atoms with Crippen molar-refractivity contribution >= 4 is 11.6 Å². The van der Waals surface area contributed by atoms with Gasteiger partial charge in [0.1, 0.15) is 13.2 Å². The molecule has 90 valence electrons. The standard InChI is InChI=1S/C12H12ClNO3/c1-2-15-11(7-14)8-5-9(13)12-10(6-8)16-3-4-17-12/h5-6,11H,2-4H2,1H3. The molecule has 1 aliphatic heterocycles. The maximum atomic E-state index is 9.02. The molecular weight excluding hydrogens is 242 g/mol. The first-order chi connectivity index (χ1) is 8.26. The minimum Gasteiger partial charge on any atom is -0.486 e. The summed E-state index contributed by atoms with van der Waals surface area (Å²) < 4.78 is 16.2.